The molecule has 3 rings (SSSR count). The van der Waals surface area contributed by atoms with Crippen LogP contribution in [0.1, 0.15) is 11.5 Å². The molecular formula is C18H22N6O5. The zero-order valence-corrected chi connectivity index (χ0v) is 15.7. The summed E-state index contributed by atoms with van der Waals surface area (Å²) in [6, 6.07) is 10.2. The van der Waals surface area contributed by atoms with Crippen LogP contribution in [0, 0.1) is 6.92 Å². The molecule has 0 aliphatic heterocycles. The zero-order valence-electron chi connectivity index (χ0n) is 15.7. The van der Waals surface area contributed by atoms with Crippen molar-refractivity contribution < 1.29 is 18.4 Å². The van der Waals surface area contributed by atoms with E-state index in [4.69, 9.17) is 36.5 Å². The summed E-state index contributed by atoms with van der Waals surface area (Å²) in [5.41, 5.74) is 22.5. The van der Waals surface area contributed by atoms with E-state index in [-0.39, 0.29) is 24.9 Å². The molecule has 2 aromatic heterocycles. The molecule has 0 bridgehead atoms. The van der Waals surface area contributed by atoms with Crippen molar-refractivity contribution in [1.29, 1.82) is 0 Å². The Balaban J connectivity index is 0.000000212. The molecule has 0 fully saturated rings. The highest BCUT2D eigenvalue weighted by molar-refractivity contribution is 5.91. The van der Waals surface area contributed by atoms with E-state index in [1.165, 1.54) is 0 Å². The van der Waals surface area contributed by atoms with Crippen LogP contribution in [0.15, 0.2) is 50.0 Å². The maximum Gasteiger partial charge on any atom is 0.519 e. The van der Waals surface area contributed by atoms with Crippen LogP contribution in [0.3, 0.4) is 0 Å². The Morgan fingerprint density at radius 2 is 1.83 bits per heavy atom. The maximum atomic E-state index is 10.8. The minimum absolute atomic E-state index is 0.0913. The first kappa shape index (κ1) is 21.3. The number of nitrogen functional groups attached to an aromatic ring is 3. The molecular weight excluding hydrogens is 380 g/mol. The van der Waals surface area contributed by atoms with Crippen LogP contribution in [0.4, 0.5) is 23.0 Å². The summed E-state index contributed by atoms with van der Waals surface area (Å²) in [6.07, 6.45) is 0. The van der Waals surface area contributed by atoms with Gasteiger partial charge in [0.25, 0.3) is 0 Å². The summed E-state index contributed by atoms with van der Waals surface area (Å²) in [5.74, 6) is 0.823. The second-order valence-electron chi connectivity index (χ2n) is 5.68. The third-order valence-electron chi connectivity index (χ3n) is 3.52. The number of nitrogens with zero attached hydrogens (tertiary/aromatic N) is 1. The van der Waals surface area contributed by atoms with Crippen molar-refractivity contribution in [3.63, 3.8) is 0 Å². The number of aryl methyl sites for hydroxylation is 1. The summed E-state index contributed by atoms with van der Waals surface area (Å²) in [4.78, 5) is 25.4. The largest absolute Gasteiger partial charge is 0.519 e. The van der Waals surface area contributed by atoms with Gasteiger partial charge in [-0.3, -0.25) is 4.79 Å². The van der Waals surface area contributed by atoms with E-state index in [2.05, 4.69) is 10.3 Å². The Hall–Kier alpha value is -3.99. The monoisotopic (exact) mass is 402 g/mol. The van der Waals surface area contributed by atoms with Gasteiger partial charge in [-0.1, -0.05) is 12.1 Å². The van der Waals surface area contributed by atoms with E-state index in [1.54, 1.807) is 31.2 Å². The van der Waals surface area contributed by atoms with Gasteiger partial charge in [-0.05, 0) is 31.2 Å². The molecule has 154 valence electrons. The Bertz CT molecular complexity index is 1030. The third-order valence-corrected chi connectivity index (χ3v) is 3.52. The minimum Gasteiger partial charge on any atom is -0.483 e. The molecule has 0 radical (unpaired) electrons. The molecule has 0 aliphatic carbocycles. The van der Waals surface area contributed by atoms with Gasteiger partial charge in [0, 0.05) is 0 Å². The fourth-order valence-electron chi connectivity index (χ4n) is 2.01. The van der Waals surface area contributed by atoms with Gasteiger partial charge in [0.05, 0.1) is 17.9 Å². The molecule has 0 aliphatic rings. The predicted molar refractivity (Wildman–Crippen MR) is 108 cm³/mol. The van der Waals surface area contributed by atoms with E-state index in [0.717, 1.165) is 0 Å². The number of nitrogens with two attached hydrogens (primary N) is 4. The van der Waals surface area contributed by atoms with Crippen molar-refractivity contribution >= 4 is 28.9 Å². The Morgan fingerprint density at radius 1 is 1.10 bits per heavy atom. The second-order valence-corrected chi connectivity index (χ2v) is 5.68. The molecule has 1 amide bonds. The van der Waals surface area contributed by atoms with Crippen LogP contribution in [-0.2, 0) is 11.4 Å². The topological polar surface area (TPSA) is 199 Å². The molecule has 11 heteroatoms. The Morgan fingerprint density at radius 3 is 2.41 bits per heavy atom. The molecule has 11 nitrogen and oxygen atoms in total. The number of hydrogen-bond acceptors (Lipinski definition) is 10. The highest BCUT2D eigenvalue weighted by Gasteiger charge is 2.09. The number of ether oxygens (including phenoxy) is 1. The lowest BCUT2D eigenvalue weighted by atomic mass is 10.3. The van der Waals surface area contributed by atoms with Crippen molar-refractivity contribution in [3.05, 3.63) is 58.5 Å². The average Bonchev–Trinajstić information content (AvgIpc) is 3.01. The van der Waals surface area contributed by atoms with Crippen LogP contribution >= 0.6 is 0 Å². The number of anilines is 4. The summed E-state index contributed by atoms with van der Waals surface area (Å²) < 4.78 is 14.9. The number of carbonyl (C=O) groups excluding carboxylic acids is 1. The summed E-state index contributed by atoms with van der Waals surface area (Å²) >= 11 is 0. The number of carbonyl (C=O) groups is 1. The highest BCUT2D eigenvalue weighted by Crippen LogP contribution is 2.21. The number of amides is 1. The summed E-state index contributed by atoms with van der Waals surface area (Å²) in [6.45, 7) is 1.66. The predicted octanol–water partition coefficient (Wildman–Crippen LogP) is 0.846. The normalized spacial score (nSPS) is 10.0. The number of rotatable bonds is 5. The number of pyridine rings is 1. The van der Waals surface area contributed by atoms with Crippen molar-refractivity contribution in [2.24, 2.45) is 5.73 Å². The van der Waals surface area contributed by atoms with Crippen molar-refractivity contribution in [3.8, 4) is 5.75 Å². The van der Waals surface area contributed by atoms with Crippen molar-refractivity contribution in [1.82, 2.24) is 4.98 Å². The Labute approximate surface area is 165 Å². The van der Waals surface area contributed by atoms with Crippen molar-refractivity contribution in [2.45, 2.75) is 13.5 Å². The number of aromatic nitrogens is 1. The van der Waals surface area contributed by atoms with E-state index in [9.17, 15) is 9.59 Å². The first-order valence-electron chi connectivity index (χ1n) is 8.38. The first-order chi connectivity index (χ1) is 13.8. The van der Waals surface area contributed by atoms with Gasteiger partial charge in [-0.15, -0.1) is 0 Å². The lowest BCUT2D eigenvalue weighted by Crippen LogP contribution is -2.22. The van der Waals surface area contributed by atoms with Gasteiger partial charge >= 0.3 is 5.82 Å². The average molecular weight is 402 g/mol. The van der Waals surface area contributed by atoms with E-state index < -0.39 is 5.82 Å². The quantitative estimate of drug-likeness (QED) is 0.381. The van der Waals surface area contributed by atoms with Crippen LogP contribution in [-0.4, -0.2) is 17.4 Å². The van der Waals surface area contributed by atoms with Crippen LogP contribution in [0.5, 0.6) is 5.75 Å². The fraction of sp³-hybridized carbons (Fsp3) is 0.167. The molecule has 29 heavy (non-hydrogen) atoms. The second kappa shape index (κ2) is 9.80. The zero-order chi connectivity index (χ0) is 21.4. The lowest BCUT2D eigenvalue weighted by Gasteiger charge is -2.06. The number of benzene rings is 1. The van der Waals surface area contributed by atoms with E-state index >= 15 is 0 Å². The van der Waals surface area contributed by atoms with Gasteiger partial charge in [-0.25, -0.2) is 9.78 Å². The molecule has 0 spiro atoms. The number of hydrogen-bond donors (Lipinski definition) is 5. The van der Waals surface area contributed by atoms with Gasteiger partial charge in [0.2, 0.25) is 5.91 Å². The lowest BCUT2D eigenvalue weighted by molar-refractivity contribution is -0.114. The molecule has 2 heterocycles. The standard InChI is InChI=1S/C11H11NO4.C7H11N5O/c1-7-10(16-11(13)15-7)6-14-9-5-3-2-4-8(9)12;8-3-6(13)11-5-2-1-4(9)7(10)12-5/h2-5H,6,12H2,1H3;1-2H,3,8-9H2,(H3,10,11,12,13). The van der Waals surface area contributed by atoms with Gasteiger partial charge in [0.1, 0.15) is 24.0 Å². The maximum absolute atomic E-state index is 10.8. The molecule has 0 saturated carbocycles. The highest BCUT2D eigenvalue weighted by atomic mass is 16.6. The molecule has 0 atom stereocenters. The van der Waals surface area contributed by atoms with Crippen molar-refractivity contribution in [2.75, 3.05) is 29.1 Å². The molecule has 0 unspecified atom stereocenters. The van der Waals surface area contributed by atoms with Crippen LogP contribution in [0.25, 0.3) is 0 Å². The number of nitrogens with one attached hydrogen (secondary N) is 1. The third kappa shape index (κ3) is 6.29. The summed E-state index contributed by atoms with van der Waals surface area (Å²) in [7, 11) is 0. The molecule has 9 N–H and O–H groups in total. The van der Waals surface area contributed by atoms with Gasteiger partial charge in [-0.2, -0.15) is 0 Å². The number of para-hydroxylation sites is 2. The van der Waals surface area contributed by atoms with Crippen LogP contribution in [0.2, 0.25) is 0 Å². The molecule has 1 aromatic carbocycles. The van der Waals surface area contributed by atoms with E-state index in [0.29, 0.717) is 34.5 Å². The minimum atomic E-state index is -0.725. The fourth-order valence-corrected chi connectivity index (χ4v) is 2.01. The van der Waals surface area contributed by atoms with Gasteiger partial charge in [0.15, 0.2) is 11.5 Å². The van der Waals surface area contributed by atoms with E-state index in [1.807, 2.05) is 12.1 Å². The van der Waals surface area contributed by atoms with Crippen LogP contribution < -0.4 is 38.8 Å². The Kier molecular flexibility index (Phi) is 7.20. The first-order valence-corrected chi connectivity index (χ1v) is 8.38. The molecule has 0 saturated heterocycles. The smallest absolute Gasteiger partial charge is 0.483 e. The molecule has 3 aromatic rings. The summed E-state index contributed by atoms with van der Waals surface area (Å²) in [5, 5.41) is 2.45. The SMILES string of the molecule is Cc1oc(=O)oc1COc1ccccc1N.NCC(=O)Nc1ccc(N)c(N)n1. The van der Waals surface area contributed by atoms with Gasteiger partial charge < -0.3 is 41.8 Å².